The van der Waals surface area contributed by atoms with Crippen LogP contribution in [-0.4, -0.2) is 6.04 Å². The third kappa shape index (κ3) is 3.26. The molecule has 2 nitrogen and oxygen atoms in total. The van der Waals surface area contributed by atoms with Gasteiger partial charge in [0, 0.05) is 10.9 Å². The zero-order chi connectivity index (χ0) is 13.8. The number of hydrogen-bond donors (Lipinski definition) is 1. The molecule has 2 atom stereocenters. The summed E-state index contributed by atoms with van der Waals surface area (Å²) in [7, 11) is 0. The lowest BCUT2D eigenvalue weighted by atomic mass is 10.1. The fourth-order valence-corrected chi connectivity index (χ4v) is 2.73. The zero-order valence-corrected chi connectivity index (χ0v) is 12.0. The van der Waals surface area contributed by atoms with Crippen LogP contribution in [0.25, 0.3) is 0 Å². The van der Waals surface area contributed by atoms with Gasteiger partial charge in [0.15, 0.2) is 11.6 Å². The van der Waals surface area contributed by atoms with E-state index >= 15 is 0 Å². The van der Waals surface area contributed by atoms with Crippen LogP contribution >= 0.6 is 22.9 Å². The van der Waals surface area contributed by atoms with Crippen molar-refractivity contribution >= 4 is 22.9 Å². The lowest BCUT2D eigenvalue weighted by Crippen LogP contribution is -2.31. The van der Waals surface area contributed by atoms with Crippen molar-refractivity contribution in [1.82, 2.24) is 0 Å². The quantitative estimate of drug-likeness (QED) is 0.888. The summed E-state index contributed by atoms with van der Waals surface area (Å²) in [6.45, 7) is 1.98. The number of halogens is 2. The van der Waals surface area contributed by atoms with Crippen molar-refractivity contribution in [3.05, 3.63) is 51.4 Å². The average Bonchev–Trinajstić information content (AvgIpc) is 2.93. The summed E-state index contributed by atoms with van der Waals surface area (Å²) in [5.74, 6) is -0.413. The number of ether oxygens (including phenoxy) is 1. The Bertz CT molecular complexity index is 532. The van der Waals surface area contributed by atoms with E-state index in [-0.39, 0.29) is 22.9 Å². The predicted octanol–water partition coefficient (Wildman–Crippen LogP) is 4.40. The molecule has 2 rings (SSSR count). The SMILES string of the molecule is CCC(N)C(Oc1cccc(Cl)c1F)c1cccs1. The van der Waals surface area contributed by atoms with Crippen LogP contribution in [-0.2, 0) is 0 Å². The van der Waals surface area contributed by atoms with Crippen LogP contribution in [0, 0.1) is 5.82 Å². The standard InChI is InChI=1S/C14H15ClFNOS/c1-2-10(17)14(12-7-4-8-19-12)18-11-6-3-5-9(15)13(11)16/h3-8,10,14H,2,17H2,1H3. The van der Waals surface area contributed by atoms with Gasteiger partial charge in [-0.05, 0) is 30.0 Å². The Kier molecular flexibility index (Phi) is 4.80. The Balaban J connectivity index is 2.28. The van der Waals surface area contributed by atoms with Gasteiger partial charge in [-0.3, -0.25) is 0 Å². The van der Waals surface area contributed by atoms with E-state index in [0.717, 1.165) is 11.3 Å². The Morgan fingerprint density at radius 3 is 2.79 bits per heavy atom. The van der Waals surface area contributed by atoms with Crippen LogP contribution < -0.4 is 10.5 Å². The lowest BCUT2D eigenvalue weighted by molar-refractivity contribution is 0.167. The molecule has 2 unspecified atom stereocenters. The van der Waals surface area contributed by atoms with E-state index in [2.05, 4.69) is 0 Å². The van der Waals surface area contributed by atoms with Crippen LogP contribution in [0.15, 0.2) is 35.7 Å². The van der Waals surface area contributed by atoms with Gasteiger partial charge in [-0.15, -0.1) is 11.3 Å². The Morgan fingerprint density at radius 2 is 2.16 bits per heavy atom. The molecule has 0 saturated heterocycles. The molecule has 1 aromatic carbocycles. The van der Waals surface area contributed by atoms with Crippen LogP contribution in [0.1, 0.15) is 24.3 Å². The topological polar surface area (TPSA) is 35.2 Å². The number of rotatable bonds is 5. The predicted molar refractivity (Wildman–Crippen MR) is 77.4 cm³/mol. The molecular formula is C14H15ClFNOS. The third-order valence-electron chi connectivity index (χ3n) is 2.85. The summed E-state index contributed by atoms with van der Waals surface area (Å²) in [4.78, 5) is 0.980. The zero-order valence-electron chi connectivity index (χ0n) is 10.5. The summed E-state index contributed by atoms with van der Waals surface area (Å²) in [5, 5.41) is 2.00. The maximum absolute atomic E-state index is 13.9. The second-order valence-corrected chi connectivity index (χ2v) is 5.56. The Morgan fingerprint density at radius 1 is 1.37 bits per heavy atom. The van der Waals surface area contributed by atoms with E-state index < -0.39 is 5.82 Å². The molecule has 1 aromatic heterocycles. The summed E-state index contributed by atoms with van der Waals surface area (Å²) in [6, 6.07) is 8.37. The van der Waals surface area contributed by atoms with Gasteiger partial charge >= 0.3 is 0 Å². The number of hydrogen-bond acceptors (Lipinski definition) is 3. The minimum absolute atomic E-state index is 0.0486. The number of thiophene rings is 1. The molecule has 0 saturated carbocycles. The smallest absolute Gasteiger partial charge is 0.183 e. The van der Waals surface area contributed by atoms with E-state index in [4.69, 9.17) is 22.1 Å². The maximum Gasteiger partial charge on any atom is 0.183 e. The van der Waals surface area contributed by atoms with Crippen molar-refractivity contribution in [1.29, 1.82) is 0 Å². The van der Waals surface area contributed by atoms with Gasteiger partial charge in [0.1, 0.15) is 6.10 Å². The van der Waals surface area contributed by atoms with Gasteiger partial charge in [0.25, 0.3) is 0 Å². The summed E-state index contributed by atoms with van der Waals surface area (Å²) < 4.78 is 19.6. The minimum atomic E-state index is -0.547. The van der Waals surface area contributed by atoms with E-state index in [0.29, 0.717) is 0 Å². The van der Waals surface area contributed by atoms with Crippen molar-refractivity contribution < 1.29 is 9.13 Å². The summed E-state index contributed by atoms with van der Waals surface area (Å²) in [6.07, 6.45) is 0.378. The summed E-state index contributed by atoms with van der Waals surface area (Å²) in [5.41, 5.74) is 6.07. The molecule has 2 aromatic rings. The molecule has 0 aliphatic carbocycles. The van der Waals surface area contributed by atoms with Gasteiger partial charge in [0.2, 0.25) is 0 Å². The van der Waals surface area contributed by atoms with Crippen molar-refractivity contribution in [2.45, 2.75) is 25.5 Å². The molecule has 0 spiro atoms. The van der Waals surface area contributed by atoms with Gasteiger partial charge in [-0.1, -0.05) is 30.7 Å². The van der Waals surface area contributed by atoms with Crippen molar-refractivity contribution in [3.8, 4) is 5.75 Å². The van der Waals surface area contributed by atoms with Crippen molar-refractivity contribution in [2.24, 2.45) is 5.73 Å². The van der Waals surface area contributed by atoms with Gasteiger partial charge in [0.05, 0.1) is 5.02 Å². The highest BCUT2D eigenvalue weighted by Crippen LogP contribution is 2.32. The maximum atomic E-state index is 13.9. The largest absolute Gasteiger partial charge is 0.480 e. The summed E-state index contributed by atoms with van der Waals surface area (Å²) >= 11 is 7.30. The van der Waals surface area contributed by atoms with E-state index in [1.165, 1.54) is 6.07 Å². The van der Waals surface area contributed by atoms with Crippen LogP contribution in [0.2, 0.25) is 5.02 Å². The second-order valence-electron chi connectivity index (χ2n) is 4.18. The molecule has 0 bridgehead atoms. The third-order valence-corrected chi connectivity index (χ3v) is 4.08. The number of benzene rings is 1. The molecule has 0 aliphatic heterocycles. The first kappa shape index (κ1) is 14.3. The first-order chi connectivity index (χ1) is 9.13. The van der Waals surface area contributed by atoms with Gasteiger partial charge in [-0.2, -0.15) is 0 Å². The molecule has 5 heteroatoms. The highest BCUT2D eigenvalue weighted by Gasteiger charge is 2.23. The van der Waals surface area contributed by atoms with Crippen LogP contribution in [0.5, 0.6) is 5.75 Å². The molecule has 0 aliphatic rings. The van der Waals surface area contributed by atoms with E-state index in [1.54, 1.807) is 23.5 Å². The van der Waals surface area contributed by atoms with Crippen LogP contribution in [0.3, 0.4) is 0 Å². The molecule has 19 heavy (non-hydrogen) atoms. The van der Waals surface area contributed by atoms with E-state index in [9.17, 15) is 4.39 Å². The van der Waals surface area contributed by atoms with Crippen molar-refractivity contribution in [2.75, 3.05) is 0 Å². The Labute approximate surface area is 121 Å². The molecular weight excluding hydrogens is 285 g/mol. The average molecular weight is 300 g/mol. The fraction of sp³-hybridized carbons (Fsp3) is 0.286. The second kappa shape index (κ2) is 6.37. The van der Waals surface area contributed by atoms with Gasteiger partial charge < -0.3 is 10.5 Å². The first-order valence-corrected chi connectivity index (χ1v) is 7.29. The van der Waals surface area contributed by atoms with Crippen molar-refractivity contribution in [3.63, 3.8) is 0 Å². The fourth-order valence-electron chi connectivity index (χ4n) is 1.74. The molecule has 2 N–H and O–H groups in total. The van der Waals surface area contributed by atoms with Crippen LogP contribution in [0.4, 0.5) is 4.39 Å². The molecule has 0 amide bonds. The highest BCUT2D eigenvalue weighted by atomic mass is 35.5. The van der Waals surface area contributed by atoms with Gasteiger partial charge in [-0.25, -0.2) is 4.39 Å². The monoisotopic (exact) mass is 299 g/mol. The van der Waals surface area contributed by atoms with E-state index in [1.807, 2.05) is 24.4 Å². The highest BCUT2D eigenvalue weighted by molar-refractivity contribution is 7.10. The molecule has 0 radical (unpaired) electrons. The lowest BCUT2D eigenvalue weighted by Gasteiger charge is -2.23. The normalized spacial score (nSPS) is 14.1. The molecule has 0 fully saturated rings. The first-order valence-electron chi connectivity index (χ1n) is 6.03. The molecule has 1 heterocycles. The minimum Gasteiger partial charge on any atom is -0.480 e. The molecule has 102 valence electrons. The number of nitrogens with two attached hydrogens (primary N) is 1. The Hall–Kier alpha value is -1.10.